The second-order valence-electron chi connectivity index (χ2n) is 4.31. The van der Waals surface area contributed by atoms with Crippen molar-refractivity contribution in [3.05, 3.63) is 63.5 Å². The Balaban J connectivity index is 1.89. The highest BCUT2D eigenvalue weighted by molar-refractivity contribution is 7.10. The monoisotopic (exact) mass is 315 g/mol. The van der Waals surface area contributed by atoms with E-state index in [-0.39, 0.29) is 5.15 Å². The van der Waals surface area contributed by atoms with Crippen molar-refractivity contribution in [1.29, 1.82) is 0 Å². The molecule has 104 valence electrons. The minimum absolute atomic E-state index is 0.176. The lowest BCUT2D eigenvalue weighted by Gasteiger charge is -2.02. The van der Waals surface area contributed by atoms with Gasteiger partial charge in [-0.05, 0) is 0 Å². The molecule has 2 heterocycles. The fourth-order valence-corrected chi connectivity index (χ4v) is 2.95. The molecule has 0 aliphatic rings. The molecule has 3 rings (SSSR count). The zero-order chi connectivity index (χ0) is 14.7. The normalized spacial score (nSPS) is 10.5. The van der Waals surface area contributed by atoms with Crippen molar-refractivity contribution < 1.29 is 4.79 Å². The molecule has 21 heavy (non-hydrogen) atoms. The van der Waals surface area contributed by atoms with Crippen molar-refractivity contribution in [3.8, 4) is 11.3 Å². The second kappa shape index (κ2) is 6.11. The van der Waals surface area contributed by atoms with Crippen LogP contribution in [0.3, 0.4) is 0 Å². The van der Waals surface area contributed by atoms with E-state index in [0.29, 0.717) is 24.0 Å². The Morgan fingerprint density at radius 1 is 1.19 bits per heavy atom. The Morgan fingerprint density at radius 2 is 2.00 bits per heavy atom. The molecule has 0 atom stereocenters. The maximum absolute atomic E-state index is 11.1. The number of benzene rings is 1. The maximum Gasteiger partial charge on any atom is 0.155 e. The summed E-state index contributed by atoms with van der Waals surface area (Å²) in [6.07, 6.45) is 2.51. The summed E-state index contributed by atoms with van der Waals surface area (Å²) in [6.45, 7) is 0. The summed E-state index contributed by atoms with van der Waals surface area (Å²) in [5.41, 5.74) is 2.91. The van der Waals surface area contributed by atoms with Crippen molar-refractivity contribution in [2.75, 3.05) is 0 Å². The molecular weight excluding hydrogens is 306 g/mol. The Hall–Kier alpha value is -2.11. The van der Waals surface area contributed by atoms with E-state index in [2.05, 4.69) is 15.0 Å². The Morgan fingerprint density at radius 3 is 2.76 bits per heavy atom. The topological polar surface area (TPSA) is 55.7 Å². The minimum atomic E-state index is 0.176. The molecule has 6 heteroatoms. The Bertz CT molecular complexity index is 774. The molecule has 0 aliphatic carbocycles. The highest BCUT2D eigenvalue weighted by Gasteiger charge is 2.12. The van der Waals surface area contributed by atoms with E-state index < -0.39 is 0 Å². The van der Waals surface area contributed by atoms with Crippen LogP contribution in [0.25, 0.3) is 11.3 Å². The first kappa shape index (κ1) is 13.9. The smallest absolute Gasteiger partial charge is 0.155 e. The summed E-state index contributed by atoms with van der Waals surface area (Å²) in [6, 6.07) is 9.94. The van der Waals surface area contributed by atoms with Crippen LogP contribution in [-0.4, -0.2) is 21.2 Å². The van der Waals surface area contributed by atoms with E-state index in [1.807, 2.05) is 35.7 Å². The lowest BCUT2D eigenvalue weighted by atomic mass is 10.2. The highest BCUT2D eigenvalue weighted by Crippen LogP contribution is 2.24. The van der Waals surface area contributed by atoms with Crippen LogP contribution in [0.15, 0.2) is 42.0 Å². The van der Waals surface area contributed by atoms with E-state index in [0.717, 1.165) is 16.3 Å². The van der Waals surface area contributed by atoms with Gasteiger partial charge in [-0.25, -0.2) is 15.0 Å². The van der Waals surface area contributed by atoms with E-state index in [9.17, 15) is 4.79 Å². The van der Waals surface area contributed by atoms with E-state index in [1.165, 1.54) is 17.7 Å². The SMILES string of the molecule is O=Cc1c(Cl)ncnc1Cc1nc(-c2ccccc2)cs1. The van der Waals surface area contributed by atoms with Crippen molar-refractivity contribution >= 4 is 29.2 Å². The number of nitrogens with zero attached hydrogens (tertiary/aromatic N) is 3. The van der Waals surface area contributed by atoms with Gasteiger partial charge in [0.15, 0.2) is 6.29 Å². The average molecular weight is 316 g/mol. The standard InChI is InChI=1S/C15H10ClN3OS/c16-15-11(7-20)12(17-9-18-15)6-14-19-13(8-21-14)10-4-2-1-3-5-10/h1-5,7-9H,6H2. The fraction of sp³-hybridized carbons (Fsp3) is 0.0667. The molecule has 0 N–H and O–H groups in total. The summed E-state index contributed by atoms with van der Waals surface area (Å²) < 4.78 is 0. The first-order valence-electron chi connectivity index (χ1n) is 6.22. The third-order valence-corrected chi connectivity index (χ3v) is 4.13. The molecule has 0 unspecified atom stereocenters. The Labute approximate surface area is 130 Å². The first-order chi connectivity index (χ1) is 10.3. The summed E-state index contributed by atoms with van der Waals surface area (Å²) >= 11 is 7.43. The summed E-state index contributed by atoms with van der Waals surface area (Å²) in [4.78, 5) is 23.6. The number of aromatic nitrogens is 3. The van der Waals surface area contributed by atoms with Crippen LogP contribution in [-0.2, 0) is 6.42 Å². The molecule has 0 amide bonds. The van der Waals surface area contributed by atoms with Gasteiger partial charge in [-0.2, -0.15) is 0 Å². The van der Waals surface area contributed by atoms with Gasteiger partial charge >= 0.3 is 0 Å². The average Bonchev–Trinajstić information content (AvgIpc) is 2.97. The van der Waals surface area contributed by atoms with Gasteiger partial charge in [0.05, 0.1) is 22.0 Å². The largest absolute Gasteiger partial charge is 0.298 e. The van der Waals surface area contributed by atoms with Crippen LogP contribution >= 0.6 is 22.9 Å². The summed E-state index contributed by atoms with van der Waals surface area (Å²) in [7, 11) is 0. The molecular formula is C15H10ClN3OS. The summed E-state index contributed by atoms with van der Waals surface area (Å²) in [5, 5.41) is 3.05. The number of rotatable bonds is 4. The van der Waals surface area contributed by atoms with E-state index >= 15 is 0 Å². The van der Waals surface area contributed by atoms with Crippen molar-refractivity contribution in [3.63, 3.8) is 0 Å². The zero-order valence-electron chi connectivity index (χ0n) is 10.9. The third-order valence-electron chi connectivity index (χ3n) is 2.98. The van der Waals surface area contributed by atoms with Gasteiger partial charge in [0.1, 0.15) is 11.5 Å². The van der Waals surface area contributed by atoms with Crippen LogP contribution in [0.1, 0.15) is 21.1 Å². The lowest BCUT2D eigenvalue weighted by Crippen LogP contribution is -2.00. The molecule has 0 fully saturated rings. The molecule has 0 aliphatic heterocycles. The van der Waals surface area contributed by atoms with Crippen LogP contribution in [0.5, 0.6) is 0 Å². The number of hydrogen-bond acceptors (Lipinski definition) is 5. The van der Waals surface area contributed by atoms with Gasteiger partial charge in [0.2, 0.25) is 0 Å². The third kappa shape index (κ3) is 2.99. The molecule has 4 nitrogen and oxygen atoms in total. The molecule has 0 spiro atoms. The quantitative estimate of drug-likeness (QED) is 0.544. The maximum atomic E-state index is 11.1. The first-order valence-corrected chi connectivity index (χ1v) is 7.48. The molecule has 3 aromatic rings. The predicted molar refractivity (Wildman–Crippen MR) is 82.8 cm³/mol. The number of aldehydes is 1. The van der Waals surface area contributed by atoms with Crippen molar-refractivity contribution in [2.24, 2.45) is 0 Å². The number of carbonyl (C=O) groups is 1. The van der Waals surface area contributed by atoms with Gasteiger partial charge < -0.3 is 0 Å². The zero-order valence-corrected chi connectivity index (χ0v) is 12.4. The molecule has 0 saturated carbocycles. The number of hydrogen-bond donors (Lipinski definition) is 0. The van der Waals surface area contributed by atoms with Crippen LogP contribution in [0, 0.1) is 0 Å². The van der Waals surface area contributed by atoms with Crippen LogP contribution < -0.4 is 0 Å². The van der Waals surface area contributed by atoms with Crippen molar-refractivity contribution in [2.45, 2.75) is 6.42 Å². The minimum Gasteiger partial charge on any atom is -0.298 e. The van der Waals surface area contributed by atoms with Crippen LogP contribution in [0.2, 0.25) is 5.15 Å². The van der Waals surface area contributed by atoms with E-state index in [4.69, 9.17) is 11.6 Å². The summed E-state index contributed by atoms with van der Waals surface area (Å²) in [5.74, 6) is 0. The molecule has 0 radical (unpaired) electrons. The van der Waals surface area contributed by atoms with Gasteiger partial charge in [-0.3, -0.25) is 4.79 Å². The molecule has 0 bridgehead atoms. The van der Waals surface area contributed by atoms with E-state index in [1.54, 1.807) is 0 Å². The molecule has 1 aromatic carbocycles. The number of carbonyl (C=O) groups excluding carboxylic acids is 1. The van der Waals surface area contributed by atoms with Crippen molar-refractivity contribution in [1.82, 2.24) is 15.0 Å². The lowest BCUT2D eigenvalue weighted by molar-refractivity contribution is 0.112. The van der Waals surface area contributed by atoms with Crippen LogP contribution in [0.4, 0.5) is 0 Å². The fourth-order valence-electron chi connectivity index (χ4n) is 1.94. The van der Waals surface area contributed by atoms with Gasteiger partial charge in [-0.1, -0.05) is 41.9 Å². The number of thiazole rings is 1. The second-order valence-corrected chi connectivity index (χ2v) is 5.61. The predicted octanol–water partition coefficient (Wildman–Crippen LogP) is 3.66. The molecule has 0 saturated heterocycles. The highest BCUT2D eigenvalue weighted by atomic mass is 35.5. The van der Waals surface area contributed by atoms with Gasteiger partial charge in [0.25, 0.3) is 0 Å². The number of halogens is 1. The molecule has 2 aromatic heterocycles. The van der Waals surface area contributed by atoms with Gasteiger partial charge in [-0.15, -0.1) is 11.3 Å². The Kier molecular flexibility index (Phi) is 4.03. The van der Waals surface area contributed by atoms with Gasteiger partial charge in [0, 0.05) is 17.4 Å².